The predicted octanol–water partition coefficient (Wildman–Crippen LogP) is 4.14. The van der Waals surface area contributed by atoms with Crippen LogP contribution in [-0.2, 0) is 0 Å². The number of esters is 2. The molecule has 3 rings (SSSR count). The average Bonchev–Trinajstić information content (AvgIpc) is 2.75. The van der Waals surface area contributed by atoms with E-state index in [-0.39, 0.29) is 0 Å². The lowest BCUT2D eigenvalue weighted by Gasteiger charge is -2.08. The maximum absolute atomic E-state index is 12.2. The van der Waals surface area contributed by atoms with E-state index in [1.54, 1.807) is 72.8 Å². The van der Waals surface area contributed by atoms with Crippen LogP contribution in [0, 0.1) is 0 Å². The van der Waals surface area contributed by atoms with Crippen molar-refractivity contribution in [1.82, 2.24) is 0 Å². The molecule has 0 unspecified atom stereocenters. The fraction of sp³-hybridized carbons (Fsp3) is 0.0909. The van der Waals surface area contributed by atoms with Crippen LogP contribution < -0.4 is 18.9 Å². The largest absolute Gasteiger partial charge is 0.497 e. The van der Waals surface area contributed by atoms with Crippen LogP contribution in [0.4, 0.5) is 0 Å². The molecule has 0 fully saturated rings. The van der Waals surface area contributed by atoms with Crippen molar-refractivity contribution in [1.29, 1.82) is 0 Å². The Bertz CT molecular complexity index is 898. The maximum Gasteiger partial charge on any atom is 0.343 e. The summed E-state index contributed by atoms with van der Waals surface area (Å²) in [5.74, 6) is 0.756. The van der Waals surface area contributed by atoms with E-state index < -0.39 is 11.9 Å². The van der Waals surface area contributed by atoms with E-state index in [1.165, 1.54) is 14.2 Å². The number of carbonyl (C=O) groups excluding carboxylic acids is 2. The van der Waals surface area contributed by atoms with E-state index in [2.05, 4.69) is 0 Å². The quantitative estimate of drug-likeness (QED) is 0.474. The van der Waals surface area contributed by atoms with E-state index in [0.29, 0.717) is 34.1 Å². The van der Waals surface area contributed by atoms with Gasteiger partial charge in [0.2, 0.25) is 0 Å². The number of carbonyl (C=O) groups is 2. The number of rotatable bonds is 6. The van der Waals surface area contributed by atoms with Crippen LogP contribution in [0.25, 0.3) is 0 Å². The van der Waals surface area contributed by atoms with Gasteiger partial charge in [-0.15, -0.1) is 0 Å². The summed E-state index contributed by atoms with van der Waals surface area (Å²) < 4.78 is 20.8. The van der Waals surface area contributed by atoms with Gasteiger partial charge >= 0.3 is 11.9 Å². The van der Waals surface area contributed by atoms with E-state index in [1.807, 2.05) is 0 Å². The van der Waals surface area contributed by atoms with Crippen molar-refractivity contribution in [2.24, 2.45) is 0 Å². The van der Waals surface area contributed by atoms with Crippen LogP contribution in [0.5, 0.6) is 23.0 Å². The van der Waals surface area contributed by atoms with Gasteiger partial charge in [0, 0.05) is 0 Å². The molecule has 3 aromatic rings. The lowest BCUT2D eigenvalue weighted by Crippen LogP contribution is -2.09. The van der Waals surface area contributed by atoms with Gasteiger partial charge < -0.3 is 18.9 Å². The zero-order valence-electron chi connectivity index (χ0n) is 15.4. The normalized spacial score (nSPS) is 10.1. The smallest absolute Gasteiger partial charge is 0.343 e. The minimum atomic E-state index is -0.514. The molecular weight excluding hydrogens is 360 g/mol. The molecule has 3 aromatic carbocycles. The van der Waals surface area contributed by atoms with E-state index in [0.717, 1.165) is 0 Å². The van der Waals surface area contributed by atoms with Crippen molar-refractivity contribution in [3.63, 3.8) is 0 Å². The minimum Gasteiger partial charge on any atom is -0.497 e. The Balaban J connectivity index is 1.64. The highest BCUT2D eigenvalue weighted by atomic mass is 16.5. The molecule has 0 aliphatic carbocycles. The van der Waals surface area contributed by atoms with E-state index in [9.17, 15) is 9.59 Å². The molecule has 142 valence electrons. The fourth-order valence-corrected chi connectivity index (χ4v) is 2.41. The summed E-state index contributed by atoms with van der Waals surface area (Å²) in [6.45, 7) is 0. The number of hydrogen-bond acceptors (Lipinski definition) is 6. The van der Waals surface area contributed by atoms with Crippen molar-refractivity contribution >= 4 is 11.9 Å². The predicted molar refractivity (Wildman–Crippen MR) is 102 cm³/mol. The lowest BCUT2D eigenvalue weighted by molar-refractivity contribution is 0.0719. The molecule has 0 saturated heterocycles. The molecule has 0 aliphatic heterocycles. The van der Waals surface area contributed by atoms with Gasteiger partial charge in [0.25, 0.3) is 0 Å². The second kappa shape index (κ2) is 8.73. The van der Waals surface area contributed by atoms with Crippen LogP contribution in [0.2, 0.25) is 0 Å². The van der Waals surface area contributed by atoms with E-state index in [4.69, 9.17) is 18.9 Å². The second-order valence-corrected chi connectivity index (χ2v) is 5.71. The molecule has 0 radical (unpaired) electrons. The van der Waals surface area contributed by atoms with Gasteiger partial charge in [0.1, 0.15) is 23.0 Å². The first-order chi connectivity index (χ1) is 13.6. The Hall–Kier alpha value is -3.80. The molecule has 0 amide bonds. The SMILES string of the molecule is COc1cccc(C(=O)Oc2ccc(OC(=O)c3cccc(OC)c3)cc2)c1. The minimum absolute atomic E-state index is 0.328. The third-order valence-electron chi connectivity index (χ3n) is 3.86. The van der Waals surface area contributed by atoms with Crippen molar-refractivity contribution < 1.29 is 28.5 Å². The monoisotopic (exact) mass is 378 g/mol. The number of benzene rings is 3. The highest BCUT2D eigenvalue weighted by molar-refractivity contribution is 5.92. The highest BCUT2D eigenvalue weighted by Gasteiger charge is 2.12. The van der Waals surface area contributed by atoms with Gasteiger partial charge in [-0.1, -0.05) is 12.1 Å². The zero-order chi connectivity index (χ0) is 19.9. The summed E-state index contributed by atoms with van der Waals surface area (Å²) in [5.41, 5.74) is 0.737. The van der Waals surface area contributed by atoms with Crippen LogP contribution >= 0.6 is 0 Å². The molecule has 0 aromatic heterocycles. The topological polar surface area (TPSA) is 71.1 Å². The van der Waals surface area contributed by atoms with Crippen LogP contribution in [-0.4, -0.2) is 26.2 Å². The molecule has 0 bridgehead atoms. The van der Waals surface area contributed by atoms with Crippen LogP contribution in [0.15, 0.2) is 72.8 Å². The molecular formula is C22H18O6. The third kappa shape index (κ3) is 4.67. The molecule has 0 spiro atoms. The van der Waals surface area contributed by atoms with Gasteiger partial charge in [0.05, 0.1) is 25.3 Å². The molecule has 0 heterocycles. The van der Waals surface area contributed by atoms with E-state index >= 15 is 0 Å². The van der Waals surface area contributed by atoms with Crippen molar-refractivity contribution in [3.8, 4) is 23.0 Å². The second-order valence-electron chi connectivity index (χ2n) is 5.71. The Kier molecular flexibility index (Phi) is 5.91. The third-order valence-corrected chi connectivity index (χ3v) is 3.86. The zero-order valence-corrected chi connectivity index (χ0v) is 15.4. The first-order valence-electron chi connectivity index (χ1n) is 8.41. The highest BCUT2D eigenvalue weighted by Crippen LogP contribution is 2.21. The number of methoxy groups -OCH3 is 2. The molecule has 0 atom stereocenters. The summed E-state index contributed by atoms with van der Waals surface area (Å²) in [5, 5.41) is 0. The summed E-state index contributed by atoms with van der Waals surface area (Å²) in [6.07, 6.45) is 0. The van der Waals surface area contributed by atoms with Gasteiger partial charge in [-0.2, -0.15) is 0 Å². The van der Waals surface area contributed by atoms with Crippen molar-refractivity contribution in [2.75, 3.05) is 14.2 Å². The molecule has 0 aliphatic rings. The van der Waals surface area contributed by atoms with Crippen molar-refractivity contribution in [3.05, 3.63) is 83.9 Å². The van der Waals surface area contributed by atoms with Crippen LogP contribution in [0.3, 0.4) is 0 Å². The Morgan fingerprint density at radius 2 is 0.964 bits per heavy atom. The summed E-state index contributed by atoms with van der Waals surface area (Å²) in [4.78, 5) is 24.4. The molecule has 0 saturated carbocycles. The fourth-order valence-electron chi connectivity index (χ4n) is 2.41. The Morgan fingerprint density at radius 3 is 1.32 bits per heavy atom. The first-order valence-corrected chi connectivity index (χ1v) is 8.41. The Morgan fingerprint density at radius 1 is 0.571 bits per heavy atom. The number of ether oxygens (including phenoxy) is 4. The molecule has 6 nitrogen and oxygen atoms in total. The van der Waals surface area contributed by atoms with Crippen LogP contribution in [0.1, 0.15) is 20.7 Å². The number of hydrogen-bond donors (Lipinski definition) is 0. The first kappa shape index (κ1) is 19.0. The van der Waals surface area contributed by atoms with Gasteiger partial charge in [-0.25, -0.2) is 9.59 Å². The summed E-state index contributed by atoms with van der Waals surface area (Å²) in [6, 6.07) is 19.5. The van der Waals surface area contributed by atoms with Crippen molar-refractivity contribution in [2.45, 2.75) is 0 Å². The lowest BCUT2D eigenvalue weighted by atomic mass is 10.2. The Labute approximate surface area is 162 Å². The molecule has 28 heavy (non-hydrogen) atoms. The van der Waals surface area contributed by atoms with Gasteiger partial charge in [0.15, 0.2) is 0 Å². The van der Waals surface area contributed by atoms with Gasteiger partial charge in [-0.05, 0) is 60.7 Å². The van der Waals surface area contributed by atoms with Gasteiger partial charge in [-0.3, -0.25) is 0 Å². The summed E-state index contributed by atoms with van der Waals surface area (Å²) >= 11 is 0. The standard InChI is InChI=1S/C22H18O6/c1-25-19-7-3-5-15(13-19)21(23)27-17-9-11-18(12-10-17)28-22(24)16-6-4-8-20(14-16)26-2/h3-14H,1-2H3. The molecule has 0 N–H and O–H groups in total. The maximum atomic E-state index is 12.2. The average molecular weight is 378 g/mol. The summed E-state index contributed by atoms with van der Waals surface area (Å²) in [7, 11) is 3.05. The molecule has 6 heteroatoms.